The zero-order valence-electron chi connectivity index (χ0n) is 12.4. The maximum Gasteiger partial charge on any atom is 0.0834 e. The number of methoxy groups -OCH3 is 1. The maximum atomic E-state index is 6.29. The highest BCUT2D eigenvalue weighted by atomic mass is 35.5. The van der Waals surface area contributed by atoms with Crippen molar-refractivity contribution in [2.75, 3.05) is 13.7 Å². The first-order chi connectivity index (χ1) is 9.13. The molecule has 19 heavy (non-hydrogen) atoms. The molecule has 0 saturated heterocycles. The quantitative estimate of drug-likeness (QED) is 0.756. The van der Waals surface area contributed by atoms with Crippen molar-refractivity contribution in [3.05, 3.63) is 16.9 Å². The minimum atomic E-state index is 0.243. The van der Waals surface area contributed by atoms with Gasteiger partial charge in [0.1, 0.15) is 0 Å². The zero-order chi connectivity index (χ0) is 14.3. The van der Waals surface area contributed by atoms with Crippen LogP contribution in [0.1, 0.15) is 51.8 Å². The van der Waals surface area contributed by atoms with Gasteiger partial charge in [0.15, 0.2) is 0 Å². The van der Waals surface area contributed by atoms with E-state index in [-0.39, 0.29) is 12.1 Å². The van der Waals surface area contributed by atoms with Crippen molar-refractivity contribution in [3.63, 3.8) is 0 Å². The van der Waals surface area contributed by atoms with Gasteiger partial charge in [-0.3, -0.25) is 4.68 Å². The van der Waals surface area contributed by atoms with Crippen LogP contribution in [0.5, 0.6) is 0 Å². The van der Waals surface area contributed by atoms with Gasteiger partial charge in [0.25, 0.3) is 0 Å². The molecule has 2 atom stereocenters. The molecule has 5 heteroatoms. The standard InChI is InChI=1S/C14H26ClN3O/c1-5-9-16-13(8-7-11(3)19-4)14-12(15)10-17-18(14)6-2/h10-11,13,16H,5-9H2,1-4H3. The van der Waals surface area contributed by atoms with Gasteiger partial charge in [0, 0.05) is 13.7 Å². The Bertz CT molecular complexity index is 368. The lowest BCUT2D eigenvalue weighted by atomic mass is 10.0. The summed E-state index contributed by atoms with van der Waals surface area (Å²) in [6, 6.07) is 0.243. The predicted octanol–water partition coefficient (Wildman–Crippen LogP) is 3.41. The van der Waals surface area contributed by atoms with Gasteiger partial charge in [-0.15, -0.1) is 0 Å². The van der Waals surface area contributed by atoms with E-state index in [9.17, 15) is 0 Å². The Labute approximate surface area is 121 Å². The van der Waals surface area contributed by atoms with Gasteiger partial charge in [-0.2, -0.15) is 5.10 Å². The van der Waals surface area contributed by atoms with Crippen molar-refractivity contribution in [1.82, 2.24) is 15.1 Å². The molecule has 2 unspecified atom stereocenters. The smallest absolute Gasteiger partial charge is 0.0834 e. The van der Waals surface area contributed by atoms with E-state index >= 15 is 0 Å². The fourth-order valence-corrected chi connectivity index (χ4v) is 2.42. The lowest BCUT2D eigenvalue weighted by Crippen LogP contribution is -2.26. The molecule has 0 aliphatic carbocycles. The number of nitrogens with zero attached hydrogens (tertiary/aromatic N) is 2. The summed E-state index contributed by atoms with van der Waals surface area (Å²) in [4.78, 5) is 0. The van der Waals surface area contributed by atoms with E-state index in [2.05, 4.69) is 31.2 Å². The third-order valence-corrected chi connectivity index (χ3v) is 3.66. The van der Waals surface area contributed by atoms with E-state index in [0.29, 0.717) is 0 Å². The van der Waals surface area contributed by atoms with Crippen LogP contribution in [-0.2, 0) is 11.3 Å². The molecule has 0 spiro atoms. The first-order valence-corrected chi connectivity index (χ1v) is 7.49. The van der Waals surface area contributed by atoms with Crippen molar-refractivity contribution in [2.45, 2.75) is 58.7 Å². The molecule has 1 aromatic heterocycles. The average Bonchev–Trinajstić information content (AvgIpc) is 2.80. The monoisotopic (exact) mass is 287 g/mol. The van der Waals surface area contributed by atoms with Gasteiger partial charge in [0.2, 0.25) is 0 Å². The molecule has 4 nitrogen and oxygen atoms in total. The normalized spacial score (nSPS) is 14.6. The van der Waals surface area contributed by atoms with Crippen molar-refractivity contribution >= 4 is 11.6 Å². The second kappa shape index (κ2) is 8.56. The molecular weight excluding hydrogens is 262 g/mol. The highest BCUT2D eigenvalue weighted by molar-refractivity contribution is 6.31. The molecular formula is C14H26ClN3O. The molecule has 0 amide bonds. The third kappa shape index (κ3) is 4.79. The third-order valence-electron chi connectivity index (χ3n) is 3.37. The fraction of sp³-hybridized carbons (Fsp3) is 0.786. The number of hydrogen-bond acceptors (Lipinski definition) is 3. The maximum absolute atomic E-state index is 6.29. The Morgan fingerprint density at radius 3 is 2.74 bits per heavy atom. The van der Waals surface area contributed by atoms with E-state index in [1.165, 1.54) is 0 Å². The molecule has 0 aliphatic rings. The number of halogens is 1. The topological polar surface area (TPSA) is 39.1 Å². The van der Waals surface area contributed by atoms with Gasteiger partial charge in [-0.1, -0.05) is 18.5 Å². The summed E-state index contributed by atoms with van der Waals surface area (Å²) in [6.45, 7) is 8.17. The number of hydrogen-bond donors (Lipinski definition) is 1. The zero-order valence-corrected chi connectivity index (χ0v) is 13.2. The summed E-state index contributed by atoms with van der Waals surface area (Å²) in [5.74, 6) is 0. The minimum absolute atomic E-state index is 0.243. The molecule has 1 heterocycles. The Balaban J connectivity index is 2.79. The summed E-state index contributed by atoms with van der Waals surface area (Å²) in [7, 11) is 1.75. The molecule has 110 valence electrons. The van der Waals surface area contributed by atoms with Crippen LogP contribution in [0, 0.1) is 0 Å². The van der Waals surface area contributed by atoms with E-state index in [0.717, 1.165) is 43.1 Å². The van der Waals surface area contributed by atoms with Gasteiger partial charge in [-0.25, -0.2) is 0 Å². The number of aromatic nitrogens is 2. The largest absolute Gasteiger partial charge is 0.382 e. The van der Waals surface area contributed by atoms with Crippen molar-refractivity contribution in [3.8, 4) is 0 Å². The fourth-order valence-electron chi connectivity index (χ4n) is 2.14. The van der Waals surface area contributed by atoms with Crippen LogP contribution < -0.4 is 5.32 Å². The minimum Gasteiger partial charge on any atom is -0.382 e. The first kappa shape index (κ1) is 16.5. The molecule has 0 bridgehead atoms. The van der Waals surface area contributed by atoms with Crippen molar-refractivity contribution in [2.24, 2.45) is 0 Å². The van der Waals surface area contributed by atoms with Gasteiger partial charge in [-0.05, 0) is 39.7 Å². The average molecular weight is 288 g/mol. The van der Waals surface area contributed by atoms with Crippen LogP contribution in [0.15, 0.2) is 6.20 Å². The molecule has 0 radical (unpaired) electrons. The summed E-state index contributed by atoms with van der Waals surface area (Å²) in [5.41, 5.74) is 1.10. The second-order valence-electron chi connectivity index (χ2n) is 4.82. The van der Waals surface area contributed by atoms with Crippen LogP contribution in [0.2, 0.25) is 5.02 Å². The van der Waals surface area contributed by atoms with Crippen LogP contribution in [-0.4, -0.2) is 29.5 Å². The SMILES string of the molecule is CCCNC(CCC(C)OC)c1c(Cl)cnn1CC. The predicted molar refractivity (Wildman–Crippen MR) is 79.7 cm³/mol. The van der Waals surface area contributed by atoms with Gasteiger partial charge >= 0.3 is 0 Å². The van der Waals surface area contributed by atoms with Crippen molar-refractivity contribution < 1.29 is 4.74 Å². The second-order valence-corrected chi connectivity index (χ2v) is 5.23. The molecule has 0 saturated carbocycles. The van der Waals surface area contributed by atoms with E-state index in [1.54, 1.807) is 13.3 Å². The van der Waals surface area contributed by atoms with Gasteiger partial charge < -0.3 is 10.1 Å². The van der Waals surface area contributed by atoms with Crippen LogP contribution >= 0.6 is 11.6 Å². The number of aryl methyl sites for hydroxylation is 1. The Kier molecular flexibility index (Phi) is 7.42. The lowest BCUT2D eigenvalue weighted by Gasteiger charge is -2.21. The van der Waals surface area contributed by atoms with E-state index in [1.807, 2.05) is 4.68 Å². The van der Waals surface area contributed by atoms with Gasteiger partial charge in [0.05, 0.1) is 29.1 Å². The lowest BCUT2D eigenvalue weighted by molar-refractivity contribution is 0.105. The summed E-state index contributed by atoms with van der Waals surface area (Å²) in [6.07, 6.45) is 5.11. The Hall–Kier alpha value is -0.580. The molecule has 0 aromatic carbocycles. The highest BCUT2D eigenvalue weighted by Gasteiger charge is 2.20. The Morgan fingerprint density at radius 2 is 2.16 bits per heavy atom. The molecule has 1 rings (SSSR count). The molecule has 1 aromatic rings. The molecule has 0 fully saturated rings. The Morgan fingerprint density at radius 1 is 1.42 bits per heavy atom. The summed E-state index contributed by atoms with van der Waals surface area (Å²) in [5, 5.41) is 8.64. The number of rotatable bonds is 9. The van der Waals surface area contributed by atoms with Crippen LogP contribution in [0.25, 0.3) is 0 Å². The molecule has 1 N–H and O–H groups in total. The van der Waals surface area contributed by atoms with Crippen LogP contribution in [0.4, 0.5) is 0 Å². The van der Waals surface area contributed by atoms with E-state index < -0.39 is 0 Å². The number of nitrogens with one attached hydrogen (secondary N) is 1. The summed E-state index contributed by atoms with van der Waals surface area (Å²) >= 11 is 6.29. The summed E-state index contributed by atoms with van der Waals surface area (Å²) < 4.78 is 7.31. The van der Waals surface area contributed by atoms with E-state index in [4.69, 9.17) is 16.3 Å². The highest BCUT2D eigenvalue weighted by Crippen LogP contribution is 2.27. The first-order valence-electron chi connectivity index (χ1n) is 7.11. The molecule has 0 aliphatic heterocycles. The van der Waals surface area contributed by atoms with Crippen LogP contribution in [0.3, 0.4) is 0 Å². The van der Waals surface area contributed by atoms with Crippen molar-refractivity contribution in [1.29, 1.82) is 0 Å². The number of ether oxygens (including phenoxy) is 1.